The maximum Gasteiger partial charge on any atom is 0.237 e. The zero-order valence-corrected chi connectivity index (χ0v) is 13.8. The fourth-order valence-electron chi connectivity index (χ4n) is 1.88. The molecule has 1 aromatic rings. The Morgan fingerprint density at radius 3 is 2.55 bits per heavy atom. The summed E-state index contributed by atoms with van der Waals surface area (Å²) in [5.74, 6) is 0.890. The molecule has 3 nitrogen and oxygen atoms in total. The zero-order valence-electron chi connectivity index (χ0n) is 12.2. The highest BCUT2D eigenvalue weighted by Gasteiger charge is 2.16. The van der Waals surface area contributed by atoms with Gasteiger partial charge in [-0.25, -0.2) is 0 Å². The van der Waals surface area contributed by atoms with Crippen LogP contribution in [0.15, 0.2) is 30.3 Å². The monoisotopic (exact) mass is 316 g/mol. The lowest BCUT2D eigenvalue weighted by molar-refractivity contribution is -0.123. The molecule has 1 unspecified atom stereocenters. The molecule has 114 valence electrons. The Labute approximate surface area is 132 Å². The van der Waals surface area contributed by atoms with E-state index in [0.717, 1.165) is 25.0 Å². The first-order valence-corrected chi connectivity index (χ1v) is 8.15. The molecule has 3 N–H and O–H groups in total. The lowest BCUT2D eigenvalue weighted by Gasteiger charge is -2.20. The van der Waals surface area contributed by atoms with Gasteiger partial charge >= 0.3 is 0 Å². The molecule has 0 saturated heterocycles. The third-order valence-corrected chi connectivity index (χ3v) is 3.78. The predicted octanol–water partition coefficient (Wildman–Crippen LogP) is 2.63. The van der Waals surface area contributed by atoms with Gasteiger partial charge in [0.2, 0.25) is 5.91 Å². The number of benzene rings is 1. The average molecular weight is 317 g/mol. The smallest absolute Gasteiger partial charge is 0.237 e. The molecule has 0 aromatic heterocycles. The summed E-state index contributed by atoms with van der Waals surface area (Å²) in [6, 6.07) is 9.99. The molecule has 0 radical (unpaired) electrons. The number of hydrogen-bond acceptors (Lipinski definition) is 3. The molecule has 0 spiro atoms. The van der Waals surface area contributed by atoms with Gasteiger partial charge in [-0.15, -0.1) is 12.4 Å². The topological polar surface area (TPSA) is 55.1 Å². The Balaban J connectivity index is 0.00000361. The number of halogens is 1. The fraction of sp³-hybridized carbons (Fsp3) is 0.533. The van der Waals surface area contributed by atoms with E-state index in [1.54, 1.807) is 11.8 Å². The number of thioether (sulfide) groups is 1. The van der Waals surface area contributed by atoms with E-state index in [9.17, 15) is 4.79 Å². The van der Waals surface area contributed by atoms with Gasteiger partial charge < -0.3 is 11.1 Å². The van der Waals surface area contributed by atoms with E-state index >= 15 is 0 Å². The molecule has 20 heavy (non-hydrogen) atoms. The molecule has 0 aliphatic heterocycles. The Hall–Kier alpha value is -0.710. The molecule has 2 atom stereocenters. The first-order chi connectivity index (χ1) is 9.17. The molecular formula is C15H25ClN2OS. The molecule has 0 bridgehead atoms. The number of carbonyl (C=O) groups excluding carboxylic acids is 1. The van der Waals surface area contributed by atoms with Crippen LogP contribution in [-0.4, -0.2) is 30.0 Å². The summed E-state index contributed by atoms with van der Waals surface area (Å²) in [6.45, 7) is 2.08. The number of nitrogens with one attached hydrogen (secondary N) is 1. The van der Waals surface area contributed by atoms with Crippen molar-refractivity contribution in [1.29, 1.82) is 0 Å². The van der Waals surface area contributed by atoms with Gasteiger partial charge in [-0.2, -0.15) is 11.8 Å². The van der Waals surface area contributed by atoms with E-state index in [2.05, 4.69) is 24.4 Å². The van der Waals surface area contributed by atoms with Crippen molar-refractivity contribution >= 4 is 30.1 Å². The van der Waals surface area contributed by atoms with E-state index in [1.807, 2.05) is 24.5 Å². The van der Waals surface area contributed by atoms with Gasteiger partial charge in [-0.1, -0.05) is 37.3 Å². The van der Waals surface area contributed by atoms with Crippen molar-refractivity contribution in [2.24, 2.45) is 5.73 Å². The predicted molar refractivity (Wildman–Crippen MR) is 90.6 cm³/mol. The van der Waals surface area contributed by atoms with Crippen LogP contribution in [0.4, 0.5) is 0 Å². The van der Waals surface area contributed by atoms with E-state index in [4.69, 9.17) is 5.73 Å². The number of rotatable bonds is 8. The van der Waals surface area contributed by atoms with E-state index in [1.165, 1.54) is 5.56 Å². The lowest BCUT2D eigenvalue weighted by Crippen LogP contribution is -2.46. The minimum Gasteiger partial charge on any atom is -0.352 e. The summed E-state index contributed by atoms with van der Waals surface area (Å²) in [4.78, 5) is 12.0. The lowest BCUT2D eigenvalue weighted by atomic mass is 10.0. The van der Waals surface area contributed by atoms with Gasteiger partial charge in [0.15, 0.2) is 0 Å². The summed E-state index contributed by atoms with van der Waals surface area (Å²) in [5, 5.41) is 3.05. The molecule has 1 aromatic carbocycles. The SMILES string of the molecule is CCC(Cc1ccccc1)NC(=O)[C@@H](N)CCSC.Cl. The van der Waals surface area contributed by atoms with Crippen molar-refractivity contribution < 1.29 is 4.79 Å². The molecule has 5 heteroatoms. The molecule has 0 heterocycles. The maximum absolute atomic E-state index is 12.0. The van der Waals surface area contributed by atoms with Crippen molar-refractivity contribution in [3.63, 3.8) is 0 Å². The minimum absolute atomic E-state index is 0. The van der Waals surface area contributed by atoms with Crippen LogP contribution in [0.1, 0.15) is 25.3 Å². The molecule has 0 fully saturated rings. The van der Waals surface area contributed by atoms with Gasteiger partial charge in [0.05, 0.1) is 6.04 Å². The van der Waals surface area contributed by atoms with Crippen LogP contribution < -0.4 is 11.1 Å². The second-order valence-corrected chi connectivity index (χ2v) is 5.68. The van der Waals surface area contributed by atoms with Crippen LogP contribution in [0, 0.1) is 0 Å². The van der Waals surface area contributed by atoms with E-state index in [0.29, 0.717) is 0 Å². The Morgan fingerprint density at radius 2 is 2.00 bits per heavy atom. The molecule has 1 rings (SSSR count). The van der Waals surface area contributed by atoms with Crippen LogP contribution in [0.2, 0.25) is 0 Å². The molecule has 0 saturated carbocycles. The summed E-state index contributed by atoms with van der Waals surface area (Å²) in [7, 11) is 0. The highest BCUT2D eigenvalue weighted by atomic mass is 35.5. The van der Waals surface area contributed by atoms with Gasteiger partial charge in [0.1, 0.15) is 0 Å². The summed E-state index contributed by atoms with van der Waals surface area (Å²) >= 11 is 1.71. The van der Waals surface area contributed by atoms with Crippen molar-refractivity contribution in [2.45, 2.75) is 38.3 Å². The van der Waals surface area contributed by atoms with Crippen molar-refractivity contribution in [3.05, 3.63) is 35.9 Å². The summed E-state index contributed by atoms with van der Waals surface area (Å²) in [5.41, 5.74) is 7.12. The molecular weight excluding hydrogens is 292 g/mol. The molecule has 1 amide bonds. The second kappa shape index (κ2) is 11.0. The Kier molecular flexibility index (Phi) is 10.6. The second-order valence-electron chi connectivity index (χ2n) is 4.69. The van der Waals surface area contributed by atoms with Crippen LogP contribution in [0.25, 0.3) is 0 Å². The quantitative estimate of drug-likeness (QED) is 0.775. The summed E-state index contributed by atoms with van der Waals surface area (Å²) < 4.78 is 0. The largest absolute Gasteiger partial charge is 0.352 e. The molecule has 0 aliphatic rings. The van der Waals surface area contributed by atoms with Gasteiger partial charge in [-0.3, -0.25) is 4.79 Å². The van der Waals surface area contributed by atoms with Crippen LogP contribution in [0.5, 0.6) is 0 Å². The van der Waals surface area contributed by atoms with Crippen molar-refractivity contribution in [1.82, 2.24) is 5.32 Å². The van der Waals surface area contributed by atoms with Gasteiger partial charge in [0.25, 0.3) is 0 Å². The number of hydrogen-bond donors (Lipinski definition) is 2. The first kappa shape index (κ1) is 19.3. The van der Waals surface area contributed by atoms with Crippen molar-refractivity contribution in [3.8, 4) is 0 Å². The number of carbonyl (C=O) groups is 1. The summed E-state index contributed by atoms with van der Waals surface area (Å²) in [6.07, 6.45) is 4.53. The Bertz CT molecular complexity index is 375. The standard InChI is InChI=1S/C15H24N2OS.ClH/c1-3-13(11-12-7-5-4-6-8-12)17-15(18)14(16)9-10-19-2;/h4-8,13-14H,3,9-11,16H2,1-2H3,(H,17,18);1H/t13?,14-;/m0./s1. The van der Waals surface area contributed by atoms with Gasteiger partial charge in [0, 0.05) is 6.04 Å². The third kappa shape index (κ3) is 7.17. The first-order valence-electron chi connectivity index (χ1n) is 6.76. The van der Waals surface area contributed by atoms with E-state index in [-0.39, 0.29) is 24.4 Å². The van der Waals surface area contributed by atoms with E-state index < -0.39 is 6.04 Å². The molecule has 0 aliphatic carbocycles. The van der Waals surface area contributed by atoms with Crippen LogP contribution in [-0.2, 0) is 11.2 Å². The highest BCUT2D eigenvalue weighted by molar-refractivity contribution is 7.98. The number of nitrogens with two attached hydrogens (primary N) is 1. The normalized spacial score (nSPS) is 13.2. The Morgan fingerprint density at radius 1 is 1.35 bits per heavy atom. The fourth-order valence-corrected chi connectivity index (χ4v) is 2.37. The zero-order chi connectivity index (χ0) is 14.1. The van der Waals surface area contributed by atoms with Gasteiger partial charge in [-0.05, 0) is 36.8 Å². The minimum atomic E-state index is -0.391. The average Bonchev–Trinajstić information content (AvgIpc) is 2.44. The maximum atomic E-state index is 12.0. The van der Waals surface area contributed by atoms with Crippen molar-refractivity contribution in [2.75, 3.05) is 12.0 Å². The highest BCUT2D eigenvalue weighted by Crippen LogP contribution is 2.06. The van der Waals surface area contributed by atoms with Crippen LogP contribution >= 0.6 is 24.2 Å². The number of amides is 1. The van der Waals surface area contributed by atoms with Crippen LogP contribution in [0.3, 0.4) is 0 Å². The third-order valence-electron chi connectivity index (χ3n) is 3.13.